The summed E-state index contributed by atoms with van der Waals surface area (Å²) >= 11 is 0. The fourth-order valence-electron chi connectivity index (χ4n) is 3.53. The molecule has 2 heterocycles. The van der Waals surface area contributed by atoms with E-state index in [9.17, 15) is 4.79 Å². The van der Waals surface area contributed by atoms with Crippen LogP contribution in [0.3, 0.4) is 0 Å². The van der Waals surface area contributed by atoms with Crippen LogP contribution >= 0.6 is 0 Å². The van der Waals surface area contributed by atoms with Crippen LogP contribution in [0.4, 0.5) is 10.5 Å². The molecule has 0 saturated heterocycles. The predicted molar refractivity (Wildman–Crippen MR) is 115 cm³/mol. The summed E-state index contributed by atoms with van der Waals surface area (Å²) in [4.78, 5) is 17.4. The number of carbonyl (C=O) groups excluding carboxylic acids is 1. The average Bonchev–Trinajstić information content (AvgIpc) is 3.28. The van der Waals surface area contributed by atoms with Gasteiger partial charge in [0.1, 0.15) is 12.6 Å². The highest BCUT2D eigenvalue weighted by Crippen LogP contribution is 2.34. The van der Waals surface area contributed by atoms with Gasteiger partial charge in [-0.1, -0.05) is 48.5 Å². The number of hydrogen-bond acceptors (Lipinski definition) is 6. The number of anilines is 1. The van der Waals surface area contributed by atoms with E-state index in [0.29, 0.717) is 23.1 Å². The Balaban J connectivity index is 1.35. The molecule has 2 aliphatic heterocycles. The maximum atomic E-state index is 12.6. The largest absolute Gasteiger partial charge is 0.473 e. The molecule has 31 heavy (non-hydrogen) atoms. The quantitative estimate of drug-likeness (QED) is 0.675. The van der Waals surface area contributed by atoms with E-state index in [0.717, 1.165) is 11.1 Å². The second-order valence-corrected chi connectivity index (χ2v) is 7.10. The fourth-order valence-corrected chi connectivity index (χ4v) is 3.53. The Hall–Kier alpha value is -4.00. The van der Waals surface area contributed by atoms with Crippen LogP contribution in [0.15, 0.2) is 83.9 Å². The first kappa shape index (κ1) is 19.0. The van der Waals surface area contributed by atoms with Gasteiger partial charge in [-0.05, 0) is 29.8 Å². The Morgan fingerprint density at radius 3 is 2.45 bits per heavy atom. The van der Waals surface area contributed by atoms with E-state index in [2.05, 4.69) is 5.32 Å². The van der Waals surface area contributed by atoms with Crippen molar-refractivity contribution >= 4 is 17.7 Å². The first-order valence-electron chi connectivity index (χ1n) is 9.94. The number of hydrogen-bond donors (Lipinski definition) is 1. The number of fused-ring (bicyclic) bond motifs is 1. The maximum absolute atomic E-state index is 12.6. The molecule has 1 amide bonds. The van der Waals surface area contributed by atoms with Gasteiger partial charge in [-0.25, -0.2) is 9.79 Å². The van der Waals surface area contributed by atoms with Gasteiger partial charge in [0.05, 0.1) is 0 Å². The zero-order valence-electron chi connectivity index (χ0n) is 16.6. The molecule has 1 N–H and O–H groups in total. The van der Waals surface area contributed by atoms with Gasteiger partial charge in [-0.3, -0.25) is 5.32 Å². The van der Waals surface area contributed by atoms with E-state index in [1.807, 2.05) is 60.7 Å². The minimum Gasteiger partial charge on any atom is -0.473 e. The SMILES string of the molecule is O=C(Nc1ccc2c(c1)OCO2)OC1COC(c2ccccc2)=NC1c1ccccc1. The Bertz CT molecular complexity index is 1100. The van der Waals surface area contributed by atoms with Crippen LogP contribution in [-0.2, 0) is 9.47 Å². The molecule has 3 aromatic rings. The van der Waals surface area contributed by atoms with Crippen LogP contribution in [-0.4, -0.2) is 31.5 Å². The van der Waals surface area contributed by atoms with Gasteiger partial charge < -0.3 is 18.9 Å². The summed E-state index contributed by atoms with van der Waals surface area (Å²) in [6, 6.07) is 24.2. The number of nitrogens with zero attached hydrogens (tertiary/aromatic N) is 1. The van der Waals surface area contributed by atoms with Crippen molar-refractivity contribution in [3.05, 3.63) is 90.0 Å². The summed E-state index contributed by atoms with van der Waals surface area (Å²) in [5, 5.41) is 2.73. The number of nitrogens with one attached hydrogen (secondary N) is 1. The number of carbonyl (C=O) groups is 1. The third-order valence-electron chi connectivity index (χ3n) is 5.03. The first-order valence-corrected chi connectivity index (χ1v) is 9.94. The van der Waals surface area contributed by atoms with E-state index in [-0.39, 0.29) is 19.4 Å². The van der Waals surface area contributed by atoms with E-state index in [1.54, 1.807) is 18.2 Å². The summed E-state index contributed by atoms with van der Waals surface area (Å²) < 4.78 is 22.2. The first-order chi connectivity index (χ1) is 15.3. The minimum atomic E-state index is -0.591. The van der Waals surface area contributed by atoms with E-state index in [1.165, 1.54) is 0 Å². The highest BCUT2D eigenvalue weighted by Gasteiger charge is 2.32. The van der Waals surface area contributed by atoms with Crippen molar-refractivity contribution in [3.8, 4) is 11.5 Å². The molecule has 0 aliphatic carbocycles. The van der Waals surface area contributed by atoms with Crippen molar-refractivity contribution < 1.29 is 23.7 Å². The van der Waals surface area contributed by atoms with Gasteiger partial charge in [0.15, 0.2) is 17.6 Å². The van der Waals surface area contributed by atoms with Crippen LogP contribution in [0.2, 0.25) is 0 Å². The molecular weight excluding hydrogens is 396 g/mol. The lowest BCUT2D eigenvalue weighted by Crippen LogP contribution is -2.36. The number of benzene rings is 3. The zero-order valence-corrected chi connectivity index (χ0v) is 16.6. The molecule has 2 aliphatic rings. The Morgan fingerprint density at radius 1 is 0.903 bits per heavy atom. The number of ether oxygens (including phenoxy) is 4. The van der Waals surface area contributed by atoms with Crippen LogP contribution in [0.5, 0.6) is 11.5 Å². The molecule has 0 aromatic heterocycles. The number of aliphatic imine (C=N–C) groups is 1. The summed E-state index contributed by atoms with van der Waals surface area (Å²) in [6.07, 6.45) is -1.17. The highest BCUT2D eigenvalue weighted by atomic mass is 16.7. The lowest BCUT2D eigenvalue weighted by atomic mass is 10.0. The zero-order chi connectivity index (χ0) is 21.0. The number of rotatable bonds is 4. The molecule has 2 atom stereocenters. The van der Waals surface area contributed by atoms with Crippen molar-refractivity contribution in [3.63, 3.8) is 0 Å². The Labute approximate surface area is 179 Å². The standard InChI is InChI=1S/C24H20N2O5/c27-24(25-18-11-12-19-20(13-18)30-15-29-19)31-21-14-28-23(17-9-5-2-6-10-17)26-22(21)16-7-3-1-4-8-16/h1-13,21-22H,14-15H2,(H,25,27). The molecular formula is C24H20N2O5. The molecule has 7 heteroatoms. The summed E-state index contributed by atoms with van der Waals surface area (Å²) in [5.74, 6) is 1.76. The van der Waals surface area contributed by atoms with Gasteiger partial charge in [-0.2, -0.15) is 0 Å². The van der Waals surface area contributed by atoms with Gasteiger partial charge in [-0.15, -0.1) is 0 Å². The topological polar surface area (TPSA) is 78.4 Å². The van der Waals surface area contributed by atoms with E-state index >= 15 is 0 Å². The van der Waals surface area contributed by atoms with Crippen LogP contribution in [0, 0.1) is 0 Å². The predicted octanol–water partition coefficient (Wildman–Crippen LogP) is 4.55. The van der Waals surface area contributed by atoms with Crippen molar-refractivity contribution in [2.75, 3.05) is 18.7 Å². The van der Waals surface area contributed by atoms with Crippen molar-refractivity contribution in [1.29, 1.82) is 0 Å². The highest BCUT2D eigenvalue weighted by molar-refractivity contribution is 5.94. The molecule has 0 saturated carbocycles. The molecule has 2 unspecified atom stereocenters. The fraction of sp³-hybridized carbons (Fsp3) is 0.167. The van der Waals surface area contributed by atoms with Crippen LogP contribution in [0.1, 0.15) is 17.2 Å². The maximum Gasteiger partial charge on any atom is 0.412 e. The molecule has 3 aromatic carbocycles. The van der Waals surface area contributed by atoms with Crippen LogP contribution in [0.25, 0.3) is 0 Å². The van der Waals surface area contributed by atoms with E-state index in [4.69, 9.17) is 23.9 Å². The van der Waals surface area contributed by atoms with Crippen molar-refractivity contribution in [2.45, 2.75) is 12.1 Å². The smallest absolute Gasteiger partial charge is 0.412 e. The van der Waals surface area contributed by atoms with Gasteiger partial charge in [0.25, 0.3) is 0 Å². The van der Waals surface area contributed by atoms with Gasteiger partial charge in [0.2, 0.25) is 12.7 Å². The summed E-state index contributed by atoms with van der Waals surface area (Å²) in [7, 11) is 0. The molecule has 156 valence electrons. The van der Waals surface area contributed by atoms with Crippen LogP contribution < -0.4 is 14.8 Å². The van der Waals surface area contributed by atoms with Gasteiger partial charge in [0, 0.05) is 17.3 Å². The molecule has 0 bridgehead atoms. The van der Waals surface area contributed by atoms with E-state index < -0.39 is 12.2 Å². The molecule has 5 rings (SSSR count). The normalized spacial score (nSPS) is 19.2. The third kappa shape index (κ3) is 4.16. The van der Waals surface area contributed by atoms with Crippen molar-refractivity contribution in [1.82, 2.24) is 0 Å². The molecule has 0 spiro atoms. The van der Waals surface area contributed by atoms with Crippen molar-refractivity contribution in [2.24, 2.45) is 4.99 Å². The lowest BCUT2D eigenvalue weighted by Gasteiger charge is -2.30. The Morgan fingerprint density at radius 2 is 1.65 bits per heavy atom. The molecule has 0 radical (unpaired) electrons. The van der Waals surface area contributed by atoms with Gasteiger partial charge >= 0.3 is 6.09 Å². The molecule has 0 fully saturated rings. The second-order valence-electron chi connectivity index (χ2n) is 7.10. The monoisotopic (exact) mass is 416 g/mol. The second kappa shape index (κ2) is 8.39. The lowest BCUT2D eigenvalue weighted by molar-refractivity contribution is 0.0441. The average molecular weight is 416 g/mol. The third-order valence-corrected chi connectivity index (χ3v) is 5.03. The molecule has 7 nitrogen and oxygen atoms in total. The number of amides is 1. The minimum absolute atomic E-state index is 0.170. The summed E-state index contributed by atoms with van der Waals surface area (Å²) in [5.41, 5.74) is 2.38. The Kier molecular flexibility index (Phi) is 5.14. The summed E-state index contributed by atoms with van der Waals surface area (Å²) in [6.45, 7) is 0.366.